The molecule has 158 valence electrons. The molecule has 1 saturated heterocycles. The second-order valence-electron chi connectivity index (χ2n) is 7.41. The van der Waals surface area contributed by atoms with Crippen LogP contribution in [0.15, 0.2) is 59.8 Å². The van der Waals surface area contributed by atoms with Crippen molar-refractivity contribution < 1.29 is 8.42 Å². The first-order valence-corrected chi connectivity index (χ1v) is 12.5. The lowest BCUT2D eigenvalue weighted by Gasteiger charge is -2.36. The molecule has 2 heterocycles. The number of hydrogen-bond donors (Lipinski definition) is 1. The minimum Gasteiger partial charge on any atom is -0.296 e. The third-order valence-electron chi connectivity index (χ3n) is 5.35. The fourth-order valence-electron chi connectivity index (χ4n) is 3.82. The first-order valence-electron chi connectivity index (χ1n) is 9.87. The molecule has 1 aliphatic rings. The van der Waals surface area contributed by atoms with E-state index >= 15 is 0 Å². The van der Waals surface area contributed by atoms with Gasteiger partial charge in [-0.25, -0.2) is 13.4 Å². The predicted molar refractivity (Wildman–Crippen MR) is 120 cm³/mol. The van der Waals surface area contributed by atoms with Crippen LogP contribution in [-0.4, -0.2) is 35.3 Å². The Morgan fingerprint density at radius 2 is 2.00 bits per heavy atom. The van der Waals surface area contributed by atoms with E-state index in [1.165, 1.54) is 30.8 Å². The molecule has 30 heavy (non-hydrogen) atoms. The van der Waals surface area contributed by atoms with Crippen molar-refractivity contribution in [3.63, 3.8) is 0 Å². The molecule has 3 aromatic rings. The highest BCUT2D eigenvalue weighted by Crippen LogP contribution is 2.28. The molecule has 0 bridgehead atoms. The summed E-state index contributed by atoms with van der Waals surface area (Å²) in [6, 6.07) is 15.9. The average Bonchev–Trinajstić information content (AvgIpc) is 3.24. The summed E-state index contributed by atoms with van der Waals surface area (Å²) in [5.74, 6) is 0. The van der Waals surface area contributed by atoms with E-state index in [1.54, 1.807) is 6.07 Å². The van der Waals surface area contributed by atoms with Crippen LogP contribution in [-0.2, 0) is 23.0 Å². The second-order valence-corrected chi connectivity index (χ2v) is 10.3. The van der Waals surface area contributed by atoms with Crippen molar-refractivity contribution in [3.8, 4) is 0 Å². The highest BCUT2D eigenvalue weighted by molar-refractivity contribution is 7.93. The summed E-state index contributed by atoms with van der Waals surface area (Å²) in [5.41, 5.74) is 2.27. The van der Waals surface area contributed by atoms with Gasteiger partial charge in [0.1, 0.15) is 6.33 Å². The van der Waals surface area contributed by atoms with Crippen molar-refractivity contribution in [2.75, 3.05) is 11.3 Å². The number of rotatable bonds is 7. The van der Waals surface area contributed by atoms with E-state index in [1.807, 2.05) is 12.1 Å². The summed E-state index contributed by atoms with van der Waals surface area (Å²) in [7, 11) is -3.75. The lowest BCUT2D eigenvalue weighted by atomic mass is 9.95. The van der Waals surface area contributed by atoms with Crippen molar-refractivity contribution in [1.29, 1.82) is 0 Å². The van der Waals surface area contributed by atoms with Gasteiger partial charge in [-0.2, -0.15) is 4.37 Å². The first kappa shape index (κ1) is 21.2. The molecule has 0 unspecified atom stereocenters. The molecule has 6 nitrogen and oxygen atoms in total. The zero-order chi connectivity index (χ0) is 21.0. The smallest absolute Gasteiger partial charge is 0.263 e. The fraction of sp³-hybridized carbons (Fsp3) is 0.333. The van der Waals surface area contributed by atoms with E-state index in [0.717, 1.165) is 36.5 Å². The van der Waals surface area contributed by atoms with Gasteiger partial charge in [0.2, 0.25) is 5.13 Å². The van der Waals surface area contributed by atoms with Crippen LogP contribution in [0, 0.1) is 0 Å². The summed E-state index contributed by atoms with van der Waals surface area (Å²) in [6.45, 7) is 1.73. The van der Waals surface area contributed by atoms with Gasteiger partial charge in [-0.05, 0) is 49.1 Å². The Morgan fingerprint density at radius 1 is 1.17 bits per heavy atom. The standard InChI is InChI=1S/C21H23ClN4O2S2/c22-20-13-19(30(27,28)25-21-23-15-24-29-21)10-9-17(20)14-26-11-5-4-8-18(26)12-16-6-2-1-3-7-16/h1-3,6-7,9-10,13,15,18H,4-5,8,11-12,14H2,(H,23,24,25)/t18-/m0/s1. The number of likely N-dealkylation sites (tertiary alicyclic amines) is 1. The van der Waals surface area contributed by atoms with E-state index in [9.17, 15) is 8.42 Å². The number of nitrogens with zero attached hydrogens (tertiary/aromatic N) is 3. The number of sulfonamides is 1. The Balaban J connectivity index is 1.48. The Bertz CT molecular complexity index is 1080. The minimum atomic E-state index is -3.75. The summed E-state index contributed by atoms with van der Waals surface area (Å²) in [5, 5.41) is 0.687. The van der Waals surface area contributed by atoms with Crippen LogP contribution in [0.3, 0.4) is 0 Å². The van der Waals surface area contributed by atoms with Crippen LogP contribution in [0.25, 0.3) is 0 Å². The molecule has 0 aliphatic carbocycles. The molecule has 1 aromatic heterocycles. The van der Waals surface area contributed by atoms with Crippen molar-refractivity contribution in [1.82, 2.24) is 14.3 Å². The molecule has 0 saturated carbocycles. The molecular formula is C21H23ClN4O2S2. The van der Waals surface area contributed by atoms with Crippen molar-refractivity contribution in [2.45, 2.75) is 43.2 Å². The maximum atomic E-state index is 12.6. The number of benzene rings is 2. The fourth-order valence-corrected chi connectivity index (χ4v) is 5.81. The molecule has 0 radical (unpaired) electrons. The van der Waals surface area contributed by atoms with Gasteiger partial charge in [0.05, 0.1) is 4.90 Å². The Morgan fingerprint density at radius 3 is 2.73 bits per heavy atom. The van der Waals surface area contributed by atoms with Gasteiger partial charge in [0, 0.05) is 29.1 Å². The van der Waals surface area contributed by atoms with Gasteiger partial charge < -0.3 is 0 Å². The van der Waals surface area contributed by atoms with Crippen LogP contribution in [0.5, 0.6) is 0 Å². The Labute approximate surface area is 186 Å². The molecule has 0 spiro atoms. The molecule has 0 amide bonds. The average molecular weight is 463 g/mol. The Hall–Kier alpha value is -2.00. The number of piperidine rings is 1. The minimum absolute atomic E-state index is 0.117. The molecular weight excluding hydrogens is 440 g/mol. The Kier molecular flexibility index (Phi) is 6.67. The van der Waals surface area contributed by atoms with Crippen molar-refractivity contribution >= 4 is 38.3 Å². The zero-order valence-corrected chi connectivity index (χ0v) is 18.8. The normalized spacial score (nSPS) is 17.7. The highest BCUT2D eigenvalue weighted by atomic mass is 35.5. The van der Waals surface area contributed by atoms with Crippen LogP contribution >= 0.6 is 23.1 Å². The van der Waals surface area contributed by atoms with Crippen LogP contribution in [0.1, 0.15) is 30.4 Å². The van der Waals surface area contributed by atoms with Gasteiger partial charge in [-0.1, -0.05) is 54.4 Å². The van der Waals surface area contributed by atoms with E-state index in [0.29, 0.717) is 17.6 Å². The van der Waals surface area contributed by atoms with Gasteiger partial charge in [-0.15, -0.1) is 0 Å². The summed E-state index contributed by atoms with van der Waals surface area (Å²) < 4.78 is 31.4. The van der Waals surface area contributed by atoms with Crippen LogP contribution < -0.4 is 4.72 Å². The summed E-state index contributed by atoms with van der Waals surface area (Å²) >= 11 is 7.49. The topological polar surface area (TPSA) is 75.2 Å². The monoisotopic (exact) mass is 462 g/mol. The largest absolute Gasteiger partial charge is 0.296 e. The third kappa shape index (κ3) is 5.18. The van der Waals surface area contributed by atoms with Gasteiger partial charge in [0.25, 0.3) is 10.0 Å². The van der Waals surface area contributed by atoms with Gasteiger partial charge >= 0.3 is 0 Å². The van der Waals surface area contributed by atoms with Crippen molar-refractivity contribution in [2.24, 2.45) is 0 Å². The van der Waals surface area contributed by atoms with Gasteiger partial charge in [0.15, 0.2) is 0 Å². The lowest BCUT2D eigenvalue weighted by molar-refractivity contribution is 0.139. The maximum absolute atomic E-state index is 12.6. The SMILES string of the molecule is O=S(=O)(Nc1ncns1)c1ccc(CN2CCCC[C@H]2Cc2ccccc2)c(Cl)c1. The maximum Gasteiger partial charge on any atom is 0.263 e. The molecule has 1 aliphatic heterocycles. The quantitative estimate of drug-likeness (QED) is 0.555. The van der Waals surface area contributed by atoms with Crippen LogP contribution in [0.2, 0.25) is 5.02 Å². The molecule has 9 heteroatoms. The summed E-state index contributed by atoms with van der Waals surface area (Å²) in [4.78, 5) is 6.44. The molecule has 1 N–H and O–H groups in total. The zero-order valence-electron chi connectivity index (χ0n) is 16.4. The van der Waals surface area contributed by atoms with Crippen molar-refractivity contribution in [3.05, 3.63) is 71.0 Å². The lowest BCUT2D eigenvalue weighted by Crippen LogP contribution is -2.40. The third-order valence-corrected chi connectivity index (χ3v) is 7.75. The van der Waals surface area contributed by atoms with E-state index < -0.39 is 10.0 Å². The molecule has 2 aromatic carbocycles. The first-order chi connectivity index (χ1) is 14.5. The predicted octanol–water partition coefficient (Wildman–Crippen LogP) is 4.59. The number of anilines is 1. The second kappa shape index (κ2) is 9.43. The number of nitrogens with one attached hydrogen (secondary N) is 1. The molecule has 4 rings (SSSR count). The number of halogens is 1. The molecule has 1 fully saturated rings. The number of hydrogen-bond acceptors (Lipinski definition) is 6. The number of aromatic nitrogens is 2. The van der Waals surface area contributed by atoms with Gasteiger partial charge in [-0.3, -0.25) is 9.62 Å². The highest BCUT2D eigenvalue weighted by Gasteiger charge is 2.24. The van der Waals surface area contributed by atoms with E-state index in [4.69, 9.17) is 11.6 Å². The van der Waals surface area contributed by atoms with E-state index in [2.05, 4.69) is 43.2 Å². The molecule has 1 atom stereocenters. The van der Waals surface area contributed by atoms with E-state index in [-0.39, 0.29) is 10.0 Å². The van der Waals surface area contributed by atoms with Crippen LogP contribution in [0.4, 0.5) is 5.13 Å². The summed E-state index contributed by atoms with van der Waals surface area (Å²) in [6.07, 6.45) is 5.88.